The fourth-order valence-corrected chi connectivity index (χ4v) is 4.07. The van der Waals surface area contributed by atoms with Gasteiger partial charge in [0, 0.05) is 35.9 Å². The summed E-state index contributed by atoms with van der Waals surface area (Å²) in [5.41, 5.74) is 8.11. The molecule has 0 unspecified atom stereocenters. The van der Waals surface area contributed by atoms with Gasteiger partial charge in [0.1, 0.15) is 0 Å². The molecular weight excluding hydrogens is 421 g/mol. The van der Waals surface area contributed by atoms with Gasteiger partial charge >= 0.3 is 7.25 Å². The van der Waals surface area contributed by atoms with E-state index in [9.17, 15) is 22.1 Å². The number of hydrogen-bond acceptors (Lipinski definition) is 1. The number of benzene rings is 3. The van der Waals surface area contributed by atoms with Gasteiger partial charge in [0.2, 0.25) is 5.91 Å². The molecule has 4 rings (SSSR count). The maximum atomic E-state index is 11.3. The number of amides is 1. The highest BCUT2D eigenvalue weighted by Gasteiger charge is 2.25. The summed E-state index contributed by atoms with van der Waals surface area (Å²) >= 11 is 0. The number of fused-ring (bicyclic) bond motifs is 3. The average molecular weight is 445 g/mol. The number of carbonyl (C=O) groups excluding carboxylic acids is 1. The number of nitrogens with one attached hydrogen (secondary N) is 1. The van der Waals surface area contributed by atoms with E-state index in [0.29, 0.717) is 0 Å². The molecular formula is C24H24BF4NO2. The van der Waals surface area contributed by atoms with Crippen molar-refractivity contribution in [2.24, 2.45) is 0 Å². The Morgan fingerprint density at radius 1 is 0.781 bits per heavy atom. The van der Waals surface area contributed by atoms with Gasteiger partial charge in [0.25, 0.3) is 16.9 Å². The standard InChI is InChI=1S/C24H23NO2.BF4/c1-14-10-16(3)23-21(12-14)22-13-15(2)11-17(4)24(22)27(23)20-8-6-19(7-9-20)25-18(5)26;2-1(3,4)5/h6-13H,1-5H3;/q;-1/p+1. The SMILES string of the molecule is CC(=O)Nc1ccc(-[o+]2c3c(C)cc(C)cc3c3cc(C)cc(C)c32)cc1.F[B-](F)(F)F. The molecule has 1 amide bonds. The second-order valence-corrected chi connectivity index (χ2v) is 7.92. The molecule has 1 N–H and O–H groups in total. The molecule has 32 heavy (non-hydrogen) atoms. The Bertz CT molecular complexity index is 1240. The predicted molar refractivity (Wildman–Crippen MR) is 123 cm³/mol. The summed E-state index contributed by atoms with van der Waals surface area (Å²) in [5.74, 6) is 0.952. The Morgan fingerprint density at radius 2 is 1.19 bits per heavy atom. The van der Waals surface area contributed by atoms with Gasteiger partial charge in [-0.3, -0.25) is 4.79 Å². The summed E-state index contributed by atoms with van der Waals surface area (Å²) < 4.78 is 42.4. The average Bonchev–Trinajstić information content (AvgIpc) is 2.95. The van der Waals surface area contributed by atoms with Crippen LogP contribution in [-0.4, -0.2) is 13.2 Å². The molecule has 0 fully saturated rings. The van der Waals surface area contributed by atoms with Gasteiger partial charge in [-0.05, 0) is 75.2 Å². The van der Waals surface area contributed by atoms with Gasteiger partial charge in [0.05, 0.1) is 10.8 Å². The van der Waals surface area contributed by atoms with Crippen LogP contribution in [0.1, 0.15) is 29.2 Å². The first-order chi connectivity index (χ1) is 14.8. The van der Waals surface area contributed by atoms with E-state index in [2.05, 4.69) is 61.3 Å². The third-order valence-corrected chi connectivity index (χ3v) is 4.95. The predicted octanol–water partition coefficient (Wildman–Crippen LogP) is 7.75. The zero-order valence-electron chi connectivity index (χ0n) is 18.5. The van der Waals surface area contributed by atoms with Crippen molar-refractivity contribution in [1.82, 2.24) is 0 Å². The quantitative estimate of drug-likeness (QED) is 0.191. The fraction of sp³-hybridized carbons (Fsp3) is 0.208. The lowest BCUT2D eigenvalue weighted by Gasteiger charge is -2.09. The zero-order chi connectivity index (χ0) is 23.8. The fourth-order valence-electron chi connectivity index (χ4n) is 4.07. The van der Waals surface area contributed by atoms with E-state index >= 15 is 0 Å². The minimum Gasteiger partial charge on any atom is -0.498 e. The number of carbonyl (C=O) groups is 1. The Labute approximate surface area is 183 Å². The Balaban J connectivity index is 0.000000523. The summed E-state index contributed by atoms with van der Waals surface area (Å²) in [7, 11) is -6.00. The van der Waals surface area contributed by atoms with E-state index in [1.165, 1.54) is 39.9 Å². The van der Waals surface area contributed by atoms with Crippen molar-refractivity contribution in [3.8, 4) is 5.75 Å². The normalized spacial score (nSPS) is 11.4. The lowest BCUT2D eigenvalue weighted by molar-refractivity contribution is -0.114. The van der Waals surface area contributed by atoms with E-state index in [1.807, 2.05) is 24.3 Å². The smallest absolute Gasteiger partial charge is 0.498 e. The van der Waals surface area contributed by atoms with Gasteiger partial charge in [-0.15, -0.1) is 0 Å². The molecule has 1 heterocycles. The number of anilines is 1. The largest absolute Gasteiger partial charge is 0.673 e. The minimum atomic E-state index is -6.00. The third-order valence-electron chi connectivity index (χ3n) is 4.95. The summed E-state index contributed by atoms with van der Waals surface area (Å²) in [6.07, 6.45) is 0. The first-order valence-electron chi connectivity index (χ1n) is 10.1. The highest BCUT2D eigenvalue weighted by molar-refractivity contribution is 6.50. The molecule has 0 aliphatic carbocycles. The lowest BCUT2D eigenvalue weighted by Crippen LogP contribution is -2.05. The van der Waals surface area contributed by atoms with Crippen LogP contribution >= 0.6 is 0 Å². The maximum absolute atomic E-state index is 11.3. The maximum Gasteiger partial charge on any atom is 0.673 e. The van der Waals surface area contributed by atoms with Crippen LogP contribution in [0.15, 0.2) is 52.6 Å². The number of rotatable bonds is 2. The summed E-state index contributed by atoms with van der Waals surface area (Å²) in [6.45, 7) is 10.1. The molecule has 0 saturated carbocycles. The van der Waals surface area contributed by atoms with E-state index in [-0.39, 0.29) is 5.91 Å². The van der Waals surface area contributed by atoms with Crippen LogP contribution in [0.2, 0.25) is 0 Å². The number of hydrogen-bond donors (Lipinski definition) is 1. The highest BCUT2D eigenvalue weighted by Crippen LogP contribution is 2.42. The minimum absolute atomic E-state index is 0.0649. The topological polar surface area (TPSA) is 31.8 Å². The van der Waals surface area contributed by atoms with Gasteiger partial charge in [-0.1, -0.05) is 0 Å². The number of halogens is 4. The van der Waals surface area contributed by atoms with E-state index in [0.717, 1.165) is 22.6 Å². The zero-order valence-corrected chi connectivity index (χ0v) is 18.5. The second kappa shape index (κ2) is 8.69. The van der Waals surface area contributed by atoms with Crippen molar-refractivity contribution < 1.29 is 26.1 Å². The summed E-state index contributed by atoms with van der Waals surface area (Å²) in [5, 5.41) is 5.34. The Hall–Kier alpha value is -3.29. The van der Waals surface area contributed by atoms with Crippen LogP contribution in [0.4, 0.5) is 23.0 Å². The van der Waals surface area contributed by atoms with Crippen LogP contribution in [0.3, 0.4) is 0 Å². The molecule has 3 nitrogen and oxygen atoms in total. The molecule has 0 radical (unpaired) electrons. The van der Waals surface area contributed by atoms with Crippen molar-refractivity contribution in [1.29, 1.82) is 0 Å². The second-order valence-electron chi connectivity index (χ2n) is 7.92. The molecule has 0 atom stereocenters. The highest BCUT2D eigenvalue weighted by atomic mass is 19.5. The first-order valence-corrected chi connectivity index (χ1v) is 10.1. The van der Waals surface area contributed by atoms with Crippen LogP contribution in [0.5, 0.6) is 0 Å². The van der Waals surface area contributed by atoms with Gasteiger partial charge in [0.15, 0.2) is 0 Å². The molecule has 8 heteroatoms. The van der Waals surface area contributed by atoms with Crippen molar-refractivity contribution in [2.45, 2.75) is 34.6 Å². The Kier molecular flexibility index (Phi) is 6.35. The van der Waals surface area contributed by atoms with Crippen molar-refractivity contribution in [3.63, 3.8) is 0 Å². The first kappa shape index (κ1) is 23.4. The third kappa shape index (κ3) is 5.12. The molecule has 0 bridgehead atoms. The molecule has 0 aliphatic rings. The molecule has 0 aliphatic heterocycles. The van der Waals surface area contributed by atoms with Crippen molar-refractivity contribution >= 4 is 40.8 Å². The van der Waals surface area contributed by atoms with Crippen LogP contribution in [0.25, 0.3) is 27.7 Å². The Morgan fingerprint density at radius 3 is 1.56 bits per heavy atom. The number of aryl methyl sites for hydroxylation is 4. The van der Waals surface area contributed by atoms with Crippen LogP contribution < -0.4 is 5.32 Å². The molecule has 0 spiro atoms. The summed E-state index contributed by atoms with van der Waals surface area (Å²) in [4.78, 5) is 11.3. The van der Waals surface area contributed by atoms with Gasteiger partial charge in [-0.2, -0.15) is 0 Å². The van der Waals surface area contributed by atoms with Crippen LogP contribution in [-0.2, 0) is 4.79 Å². The van der Waals surface area contributed by atoms with E-state index in [4.69, 9.17) is 0 Å². The molecule has 1 aromatic heterocycles. The summed E-state index contributed by atoms with van der Waals surface area (Å²) in [6, 6.07) is 16.9. The van der Waals surface area contributed by atoms with Crippen LogP contribution in [0, 0.1) is 27.7 Å². The monoisotopic (exact) mass is 445 g/mol. The van der Waals surface area contributed by atoms with E-state index < -0.39 is 7.25 Å². The van der Waals surface area contributed by atoms with E-state index in [1.54, 1.807) is 0 Å². The molecule has 3 aromatic carbocycles. The molecule has 168 valence electrons. The molecule has 0 saturated heterocycles. The van der Waals surface area contributed by atoms with Crippen molar-refractivity contribution in [3.05, 3.63) is 70.8 Å². The lowest BCUT2D eigenvalue weighted by atomic mass is 10.0. The van der Waals surface area contributed by atoms with Crippen molar-refractivity contribution in [2.75, 3.05) is 5.32 Å². The van der Waals surface area contributed by atoms with Gasteiger partial charge < -0.3 is 26.6 Å². The molecule has 4 aromatic rings. The number of furan rings is 1. The van der Waals surface area contributed by atoms with Gasteiger partial charge in [-0.25, -0.2) is 0 Å².